The van der Waals surface area contributed by atoms with Crippen LogP contribution in [0.3, 0.4) is 0 Å². The first-order valence-electron chi connectivity index (χ1n) is 7.49. The minimum absolute atomic E-state index is 0.194. The number of piperidine rings is 1. The zero-order chi connectivity index (χ0) is 15.2. The van der Waals surface area contributed by atoms with Crippen LogP contribution in [0.5, 0.6) is 0 Å². The van der Waals surface area contributed by atoms with Gasteiger partial charge in [0, 0.05) is 24.2 Å². The molecule has 2 rings (SSSR count). The third-order valence-corrected chi connectivity index (χ3v) is 3.96. The molecule has 6 heteroatoms. The van der Waals surface area contributed by atoms with Crippen molar-refractivity contribution in [3.05, 3.63) is 39.7 Å². The lowest BCUT2D eigenvalue weighted by molar-refractivity contribution is -0.385. The van der Waals surface area contributed by atoms with E-state index in [1.54, 1.807) is 0 Å². The van der Waals surface area contributed by atoms with E-state index in [2.05, 4.69) is 17.1 Å². The Balaban J connectivity index is 2.10. The summed E-state index contributed by atoms with van der Waals surface area (Å²) in [4.78, 5) is 12.4. The Morgan fingerprint density at radius 2 is 2.14 bits per heavy atom. The first kappa shape index (κ1) is 15.9. The topological polar surface area (TPSA) is 58.4 Å². The number of non-ortho nitro benzene ring substituents is 1. The van der Waals surface area contributed by atoms with Crippen LogP contribution >= 0.6 is 0 Å². The Hall–Kier alpha value is -1.53. The SMILES string of the molecule is CCCN(Cc1ccc([N+](=O)[O-])cc1F)C1CCNCC1. The van der Waals surface area contributed by atoms with Crippen LogP contribution in [0.15, 0.2) is 18.2 Å². The summed E-state index contributed by atoms with van der Waals surface area (Å²) < 4.78 is 14.0. The van der Waals surface area contributed by atoms with Gasteiger partial charge in [-0.05, 0) is 45.0 Å². The summed E-state index contributed by atoms with van der Waals surface area (Å²) in [6.45, 7) is 5.53. The average Bonchev–Trinajstić information content (AvgIpc) is 2.49. The maximum atomic E-state index is 14.0. The second kappa shape index (κ2) is 7.47. The van der Waals surface area contributed by atoms with Crippen molar-refractivity contribution in [1.29, 1.82) is 0 Å². The van der Waals surface area contributed by atoms with Gasteiger partial charge < -0.3 is 5.32 Å². The van der Waals surface area contributed by atoms with Crippen molar-refractivity contribution in [2.75, 3.05) is 19.6 Å². The van der Waals surface area contributed by atoms with E-state index in [0.717, 1.165) is 45.0 Å². The van der Waals surface area contributed by atoms with Gasteiger partial charge in [-0.3, -0.25) is 15.0 Å². The van der Waals surface area contributed by atoms with Gasteiger partial charge in [0.25, 0.3) is 5.69 Å². The molecule has 1 N–H and O–H groups in total. The lowest BCUT2D eigenvalue weighted by Gasteiger charge is -2.34. The molecule has 21 heavy (non-hydrogen) atoms. The number of nitrogens with one attached hydrogen (secondary N) is 1. The number of nitro groups is 1. The van der Waals surface area contributed by atoms with Gasteiger partial charge in [-0.25, -0.2) is 4.39 Å². The van der Waals surface area contributed by atoms with Gasteiger partial charge in [0.15, 0.2) is 0 Å². The summed E-state index contributed by atoms with van der Waals surface area (Å²) in [6.07, 6.45) is 3.14. The molecule has 1 aromatic carbocycles. The summed E-state index contributed by atoms with van der Waals surface area (Å²) in [7, 11) is 0. The fourth-order valence-corrected chi connectivity index (χ4v) is 2.85. The predicted molar refractivity (Wildman–Crippen MR) is 79.6 cm³/mol. The highest BCUT2D eigenvalue weighted by molar-refractivity contribution is 5.34. The van der Waals surface area contributed by atoms with E-state index in [1.165, 1.54) is 12.1 Å². The van der Waals surface area contributed by atoms with Gasteiger partial charge in [0.2, 0.25) is 0 Å². The summed E-state index contributed by atoms with van der Waals surface area (Å²) in [5, 5.41) is 14.0. The fraction of sp³-hybridized carbons (Fsp3) is 0.600. The second-order valence-electron chi connectivity index (χ2n) is 5.48. The largest absolute Gasteiger partial charge is 0.317 e. The molecule has 116 valence electrons. The summed E-state index contributed by atoms with van der Waals surface area (Å²) in [5.74, 6) is -0.487. The van der Waals surface area contributed by atoms with E-state index < -0.39 is 10.7 Å². The van der Waals surface area contributed by atoms with E-state index in [1.807, 2.05) is 0 Å². The molecule has 0 amide bonds. The first-order valence-corrected chi connectivity index (χ1v) is 7.49. The molecule has 0 spiro atoms. The standard InChI is InChI=1S/C15H22FN3O2/c1-2-9-18(13-5-7-17-8-6-13)11-12-3-4-14(19(20)21)10-15(12)16/h3-4,10,13,17H,2,5-9,11H2,1H3. The molecule has 0 atom stereocenters. The van der Waals surface area contributed by atoms with E-state index in [0.29, 0.717) is 18.2 Å². The normalized spacial score (nSPS) is 16.3. The van der Waals surface area contributed by atoms with Gasteiger partial charge in [-0.2, -0.15) is 0 Å². The number of benzene rings is 1. The predicted octanol–water partition coefficient (Wildman–Crippen LogP) is 2.70. The smallest absolute Gasteiger partial charge is 0.272 e. The maximum absolute atomic E-state index is 14.0. The highest BCUT2D eigenvalue weighted by Crippen LogP contribution is 2.21. The Morgan fingerprint density at radius 3 is 2.71 bits per heavy atom. The molecular formula is C15H22FN3O2. The molecule has 1 aromatic rings. The fourth-order valence-electron chi connectivity index (χ4n) is 2.85. The number of nitrogens with zero attached hydrogens (tertiary/aromatic N) is 2. The molecule has 1 fully saturated rings. The second-order valence-corrected chi connectivity index (χ2v) is 5.48. The van der Waals surface area contributed by atoms with E-state index in [9.17, 15) is 14.5 Å². The van der Waals surface area contributed by atoms with Crippen LogP contribution in [0.1, 0.15) is 31.7 Å². The van der Waals surface area contributed by atoms with E-state index >= 15 is 0 Å². The van der Waals surface area contributed by atoms with Crippen molar-refractivity contribution in [2.45, 2.75) is 38.8 Å². The molecule has 0 bridgehead atoms. The summed E-state index contributed by atoms with van der Waals surface area (Å²) in [6, 6.07) is 4.39. The number of hydrogen-bond donors (Lipinski definition) is 1. The zero-order valence-electron chi connectivity index (χ0n) is 12.3. The molecule has 1 aliphatic rings. The molecule has 0 aromatic heterocycles. The molecule has 1 aliphatic heterocycles. The highest BCUT2D eigenvalue weighted by atomic mass is 19.1. The van der Waals surface area contributed by atoms with Crippen molar-refractivity contribution >= 4 is 5.69 Å². The molecule has 0 saturated carbocycles. The number of nitro benzene ring substituents is 1. The Morgan fingerprint density at radius 1 is 1.43 bits per heavy atom. The van der Waals surface area contributed by atoms with Crippen molar-refractivity contribution < 1.29 is 9.31 Å². The van der Waals surface area contributed by atoms with Crippen LogP contribution in [-0.2, 0) is 6.54 Å². The molecule has 0 radical (unpaired) electrons. The van der Waals surface area contributed by atoms with Crippen LogP contribution in [0.25, 0.3) is 0 Å². The van der Waals surface area contributed by atoms with Gasteiger partial charge >= 0.3 is 0 Å². The molecule has 0 unspecified atom stereocenters. The first-order chi connectivity index (χ1) is 10.1. The molecular weight excluding hydrogens is 273 g/mol. The van der Waals surface area contributed by atoms with Crippen LogP contribution < -0.4 is 5.32 Å². The minimum atomic E-state index is -0.566. The van der Waals surface area contributed by atoms with E-state index in [-0.39, 0.29) is 5.69 Å². The third-order valence-electron chi connectivity index (χ3n) is 3.96. The summed E-state index contributed by atoms with van der Waals surface area (Å²) >= 11 is 0. The Labute approximate surface area is 124 Å². The summed E-state index contributed by atoms with van der Waals surface area (Å²) in [5.41, 5.74) is 0.341. The van der Waals surface area contributed by atoms with Gasteiger partial charge in [0.05, 0.1) is 11.0 Å². The van der Waals surface area contributed by atoms with Crippen LogP contribution in [-0.4, -0.2) is 35.5 Å². The lowest BCUT2D eigenvalue weighted by Crippen LogP contribution is -2.43. The monoisotopic (exact) mass is 295 g/mol. The molecule has 0 aliphatic carbocycles. The Kier molecular flexibility index (Phi) is 5.64. The van der Waals surface area contributed by atoms with Crippen LogP contribution in [0.2, 0.25) is 0 Å². The highest BCUT2D eigenvalue weighted by Gasteiger charge is 2.22. The lowest BCUT2D eigenvalue weighted by atomic mass is 10.0. The third kappa shape index (κ3) is 4.22. The van der Waals surface area contributed by atoms with Crippen molar-refractivity contribution in [1.82, 2.24) is 10.2 Å². The van der Waals surface area contributed by atoms with Crippen molar-refractivity contribution in [3.8, 4) is 0 Å². The number of halogens is 1. The maximum Gasteiger partial charge on any atom is 0.272 e. The zero-order valence-corrected chi connectivity index (χ0v) is 12.3. The molecule has 1 heterocycles. The van der Waals surface area contributed by atoms with Gasteiger partial charge in [0.1, 0.15) is 5.82 Å². The molecule has 5 nitrogen and oxygen atoms in total. The average molecular weight is 295 g/mol. The Bertz CT molecular complexity index is 490. The van der Waals surface area contributed by atoms with Gasteiger partial charge in [-0.15, -0.1) is 0 Å². The van der Waals surface area contributed by atoms with Gasteiger partial charge in [-0.1, -0.05) is 6.92 Å². The van der Waals surface area contributed by atoms with Crippen molar-refractivity contribution in [3.63, 3.8) is 0 Å². The van der Waals surface area contributed by atoms with Crippen LogP contribution in [0, 0.1) is 15.9 Å². The van der Waals surface area contributed by atoms with Crippen molar-refractivity contribution in [2.24, 2.45) is 0 Å². The number of rotatable bonds is 6. The number of hydrogen-bond acceptors (Lipinski definition) is 4. The molecule has 1 saturated heterocycles. The minimum Gasteiger partial charge on any atom is -0.317 e. The van der Waals surface area contributed by atoms with E-state index in [4.69, 9.17) is 0 Å². The quantitative estimate of drug-likeness (QED) is 0.647. The van der Waals surface area contributed by atoms with Crippen LogP contribution in [0.4, 0.5) is 10.1 Å².